The van der Waals surface area contributed by atoms with Gasteiger partial charge in [-0.05, 0) is 49.9 Å². The van der Waals surface area contributed by atoms with Crippen molar-refractivity contribution in [2.75, 3.05) is 20.2 Å². The first kappa shape index (κ1) is 18.7. The van der Waals surface area contributed by atoms with Gasteiger partial charge < -0.3 is 9.64 Å². The van der Waals surface area contributed by atoms with Crippen molar-refractivity contribution in [3.63, 3.8) is 0 Å². The van der Waals surface area contributed by atoms with E-state index < -0.39 is 9.96 Å². The minimum atomic E-state index is -1.55. The summed E-state index contributed by atoms with van der Waals surface area (Å²) in [5.41, 5.74) is 0.513. The number of benzene rings is 1. The molecule has 7 heteroatoms. The van der Waals surface area contributed by atoms with Crippen LogP contribution in [-0.2, 0) is 0 Å². The number of quaternary nitrogens is 1. The van der Waals surface area contributed by atoms with Gasteiger partial charge >= 0.3 is 0 Å². The van der Waals surface area contributed by atoms with E-state index in [1.807, 2.05) is 0 Å². The molecule has 23 heavy (non-hydrogen) atoms. The minimum Gasteiger partial charge on any atom is -0.497 e. The summed E-state index contributed by atoms with van der Waals surface area (Å²) in [6, 6.07) is 6.86. The Morgan fingerprint density at radius 1 is 1.13 bits per heavy atom. The van der Waals surface area contributed by atoms with E-state index in [2.05, 4.69) is 5.32 Å². The van der Waals surface area contributed by atoms with Gasteiger partial charge in [0.05, 0.1) is 20.2 Å². The predicted octanol–water partition coefficient (Wildman–Crippen LogP) is 2.58. The molecule has 4 nitrogen and oxygen atoms in total. The number of halogens is 3. The number of carbonyl (C=O) groups is 1. The fraction of sp³-hybridized carbons (Fsp3) is 0.562. The topological polar surface area (TPSA) is 42.8 Å². The Morgan fingerprint density at radius 3 is 2.17 bits per heavy atom. The number of amides is 1. The maximum atomic E-state index is 12.5. The van der Waals surface area contributed by atoms with Crippen molar-refractivity contribution >= 4 is 40.7 Å². The van der Waals surface area contributed by atoms with E-state index in [0.717, 1.165) is 30.8 Å². The number of carbonyl (C=O) groups excluding carboxylic acids is 1. The van der Waals surface area contributed by atoms with Crippen LogP contribution >= 0.6 is 34.8 Å². The van der Waals surface area contributed by atoms with Crippen molar-refractivity contribution in [2.45, 2.75) is 35.6 Å². The van der Waals surface area contributed by atoms with E-state index in [-0.39, 0.29) is 5.91 Å². The highest BCUT2D eigenvalue weighted by molar-refractivity contribution is 6.68. The van der Waals surface area contributed by atoms with Crippen LogP contribution < -0.4 is 15.0 Å². The Balaban J connectivity index is 2.11. The van der Waals surface area contributed by atoms with Gasteiger partial charge in [0.25, 0.3) is 9.70 Å². The molecule has 2 rings (SSSR count). The van der Waals surface area contributed by atoms with Crippen LogP contribution in [0.25, 0.3) is 0 Å². The molecule has 0 aliphatic carbocycles. The molecule has 0 saturated carbocycles. The van der Waals surface area contributed by atoms with Crippen molar-refractivity contribution in [1.29, 1.82) is 0 Å². The van der Waals surface area contributed by atoms with Gasteiger partial charge in [-0.1, -0.05) is 34.8 Å². The summed E-state index contributed by atoms with van der Waals surface area (Å²) in [6.45, 7) is 1.78. The molecule has 1 saturated heterocycles. The molecule has 1 aromatic rings. The number of alkyl halides is 3. The summed E-state index contributed by atoms with van der Waals surface area (Å²) in [5.74, 6) is 0.443. The highest BCUT2D eigenvalue weighted by atomic mass is 35.6. The minimum absolute atomic E-state index is 0.249. The Morgan fingerprint density at radius 2 is 1.70 bits per heavy atom. The van der Waals surface area contributed by atoms with Crippen molar-refractivity contribution in [1.82, 2.24) is 5.32 Å². The number of hydrogen-bond acceptors (Lipinski definition) is 2. The van der Waals surface area contributed by atoms with Crippen LogP contribution in [0.2, 0.25) is 0 Å². The van der Waals surface area contributed by atoms with Crippen LogP contribution in [0.1, 0.15) is 36.0 Å². The smallest absolute Gasteiger partial charge is 0.262 e. The molecule has 0 bridgehead atoms. The lowest BCUT2D eigenvalue weighted by molar-refractivity contribution is -0.926. The monoisotopic (exact) mass is 379 g/mol. The molecule has 1 atom stereocenters. The summed E-state index contributed by atoms with van der Waals surface area (Å²) in [5, 5.41) is 2.90. The molecule has 1 heterocycles. The Hall–Kier alpha value is -0.680. The second-order valence-electron chi connectivity index (χ2n) is 5.75. The van der Waals surface area contributed by atoms with Gasteiger partial charge in [0, 0.05) is 5.56 Å². The lowest BCUT2D eigenvalue weighted by atomic mass is 10.2. The molecule has 128 valence electrons. The molecule has 1 aliphatic heterocycles. The van der Waals surface area contributed by atoms with Crippen LogP contribution in [-0.4, -0.2) is 36.1 Å². The zero-order chi connectivity index (χ0) is 16.9. The van der Waals surface area contributed by atoms with Crippen molar-refractivity contribution in [2.24, 2.45) is 0 Å². The van der Waals surface area contributed by atoms with E-state index in [0.29, 0.717) is 11.3 Å². The largest absolute Gasteiger partial charge is 0.497 e. The van der Waals surface area contributed by atoms with Gasteiger partial charge in [-0.3, -0.25) is 10.1 Å². The summed E-state index contributed by atoms with van der Waals surface area (Å²) in [7, 11) is 1.58. The van der Waals surface area contributed by atoms with Gasteiger partial charge in [-0.2, -0.15) is 0 Å². The van der Waals surface area contributed by atoms with Crippen molar-refractivity contribution in [3.8, 4) is 5.75 Å². The third kappa shape index (κ3) is 5.42. The second kappa shape index (κ2) is 8.43. The van der Waals surface area contributed by atoms with Crippen molar-refractivity contribution < 1.29 is 14.4 Å². The lowest BCUT2D eigenvalue weighted by Gasteiger charge is -2.32. The first-order chi connectivity index (χ1) is 10.9. The normalized spacial score (nSPS) is 18.1. The maximum Gasteiger partial charge on any atom is 0.262 e. The highest BCUT2D eigenvalue weighted by Gasteiger charge is 2.42. The number of methoxy groups -OCH3 is 1. The molecular weight excluding hydrogens is 359 g/mol. The van der Waals surface area contributed by atoms with Crippen LogP contribution in [0.15, 0.2) is 24.3 Å². The van der Waals surface area contributed by atoms with Gasteiger partial charge in [-0.25, -0.2) is 0 Å². The van der Waals surface area contributed by atoms with Crippen LogP contribution in [0, 0.1) is 0 Å². The van der Waals surface area contributed by atoms with E-state index in [1.165, 1.54) is 12.8 Å². The fourth-order valence-electron chi connectivity index (χ4n) is 2.84. The van der Waals surface area contributed by atoms with E-state index >= 15 is 0 Å². The first-order valence-corrected chi connectivity index (χ1v) is 8.91. The third-order valence-corrected chi connectivity index (χ3v) is 4.76. The second-order valence-corrected chi connectivity index (χ2v) is 8.12. The van der Waals surface area contributed by atoms with Gasteiger partial charge in [0.15, 0.2) is 0 Å². The number of nitrogens with one attached hydrogen (secondary N) is 2. The van der Waals surface area contributed by atoms with Crippen LogP contribution in [0.4, 0.5) is 0 Å². The molecule has 2 N–H and O–H groups in total. The predicted molar refractivity (Wildman–Crippen MR) is 93.7 cm³/mol. The quantitative estimate of drug-likeness (QED) is 0.789. The molecule has 0 unspecified atom stereocenters. The number of rotatable bonds is 4. The summed E-state index contributed by atoms with van der Waals surface area (Å²) in [6.07, 6.45) is 3.95. The molecule has 1 aromatic carbocycles. The Kier molecular flexibility index (Phi) is 6.84. The number of hydrogen-bond donors (Lipinski definition) is 2. The van der Waals surface area contributed by atoms with Crippen molar-refractivity contribution in [3.05, 3.63) is 29.8 Å². The molecule has 0 spiro atoms. The van der Waals surface area contributed by atoms with Crippen LogP contribution in [0.5, 0.6) is 5.75 Å². The van der Waals surface area contributed by atoms with Gasteiger partial charge in [-0.15, -0.1) is 0 Å². The van der Waals surface area contributed by atoms with Gasteiger partial charge in [0.2, 0.25) is 6.17 Å². The number of ether oxygens (including phenoxy) is 1. The maximum absolute atomic E-state index is 12.5. The van der Waals surface area contributed by atoms with E-state index in [9.17, 15) is 4.79 Å². The van der Waals surface area contributed by atoms with Crippen LogP contribution in [0.3, 0.4) is 0 Å². The SMILES string of the molecule is COc1ccc(C(=O)N[C@H]([NH+]2CCCCCC2)C(Cl)(Cl)Cl)cc1. The standard InChI is InChI=1S/C16H21Cl3N2O2/c1-23-13-8-6-12(7-9-13)14(22)20-15(16(17,18)19)21-10-4-2-3-5-11-21/h6-9,15H,2-5,10-11H2,1H3,(H,20,22)/p+1/t15-/m1/s1. The zero-order valence-corrected chi connectivity index (χ0v) is 15.3. The third-order valence-electron chi connectivity index (χ3n) is 4.11. The number of likely N-dealkylation sites (tertiary alicyclic amines) is 1. The first-order valence-electron chi connectivity index (χ1n) is 7.78. The average molecular weight is 381 g/mol. The molecular formula is C16H22Cl3N2O2+. The summed E-state index contributed by atoms with van der Waals surface area (Å²) < 4.78 is 3.54. The zero-order valence-electron chi connectivity index (χ0n) is 13.1. The van der Waals surface area contributed by atoms with Gasteiger partial charge in [0.1, 0.15) is 5.75 Å². The summed E-state index contributed by atoms with van der Waals surface area (Å²) in [4.78, 5) is 13.6. The molecule has 1 amide bonds. The van der Waals surface area contributed by atoms with E-state index in [4.69, 9.17) is 39.5 Å². The molecule has 1 aliphatic rings. The highest BCUT2D eigenvalue weighted by Crippen LogP contribution is 2.28. The fourth-order valence-corrected chi connectivity index (χ4v) is 3.47. The van der Waals surface area contributed by atoms with E-state index in [1.54, 1.807) is 31.4 Å². The Labute approximate surface area is 152 Å². The average Bonchev–Trinajstić information content (AvgIpc) is 2.80. The lowest BCUT2D eigenvalue weighted by Crippen LogP contribution is -3.19. The molecule has 0 aromatic heterocycles. The molecule has 0 radical (unpaired) electrons. The Bertz CT molecular complexity index is 509. The summed E-state index contributed by atoms with van der Waals surface area (Å²) >= 11 is 18.4. The molecule has 1 fully saturated rings.